The molecule has 1 aromatic heterocycles. The lowest BCUT2D eigenvalue weighted by Gasteiger charge is -2.56. The summed E-state index contributed by atoms with van der Waals surface area (Å²) in [6.07, 6.45) is -1.88. The molecule has 4 atom stereocenters. The van der Waals surface area contributed by atoms with E-state index in [-0.39, 0.29) is 47.7 Å². The van der Waals surface area contributed by atoms with E-state index in [4.69, 9.17) is 28.8 Å². The van der Waals surface area contributed by atoms with E-state index in [0.717, 1.165) is 89.3 Å². The van der Waals surface area contributed by atoms with Gasteiger partial charge in [0.2, 0.25) is 5.91 Å². The molecule has 3 aromatic carbocycles. The van der Waals surface area contributed by atoms with Crippen LogP contribution in [0, 0.1) is 27.4 Å². The lowest BCUT2D eigenvalue weighted by atomic mass is 9.77. The molecule has 4 saturated heterocycles. The average Bonchev–Trinajstić information content (AvgIpc) is 3.76. The van der Waals surface area contributed by atoms with E-state index in [1.54, 1.807) is 4.90 Å². The number of allylic oxidation sites excluding steroid dienone is 1. The highest BCUT2D eigenvalue weighted by molar-refractivity contribution is 6.73. The Labute approximate surface area is 381 Å². The maximum absolute atomic E-state index is 14.0. The number of piperazine rings is 3. The summed E-state index contributed by atoms with van der Waals surface area (Å²) in [5.74, 6) is -1.20. The number of nitro benzene ring substituents is 1. The van der Waals surface area contributed by atoms with Crippen LogP contribution in [0.3, 0.4) is 0 Å². The molecule has 0 unspecified atom stereocenters. The van der Waals surface area contributed by atoms with Crippen molar-refractivity contribution in [2.45, 2.75) is 77.8 Å². The molecule has 15 nitrogen and oxygen atoms in total. The lowest BCUT2D eigenvalue weighted by Crippen LogP contribution is -2.75. The zero-order valence-electron chi connectivity index (χ0n) is 37.7. The number of esters is 1. The second-order valence-corrected chi connectivity index (χ2v) is 22.7. The van der Waals surface area contributed by atoms with Gasteiger partial charge >= 0.3 is 12.3 Å². The highest BCUT2D eigenvalue weighted by Crippen LogP contribution is 2.49. The zero-order chi connectivity index (χ0) is 47.8. The number of carbonyl (C=O) groups is 2. The van der Waals surface area contributed by atoms with Gasteiger partial charge in [-0.1, -0.05) is 45.9 Å². The molecule has 19 heteroatoms. The first-order valence-corrected chi connectivity index (χ1v) is 24.9. The Kier molecular flexibility index (Phi) is 13.9. The third-order valence-electron chi connectivity index (χ3n) is 14.3. The van der Waals surface area contributed by atoms with Gasteiger partial charge in [-0.3, -0.25) is 14.9 Å². The largest absolute Gasteiger partial charge is 0.858 e. The topological polar surface area (TPSA) is 191 Å². The van der Waals surface area contributed by atoms with Crippen LogP contribution in [0.25, 0.3) is 21.9 Å². The molecule has 4 fully saturated rings. The van der Waals surface area contributed by atoms with Crippen molar-refractivity contribution in [2.75, 3.05) is 52.4 Å². The highest BCUT2D eigenvalue weighted by Gasteiger charge is 2.60. The maximum atomic E-state index is 14.0. The van der Waals surface area contributed by atoms with Crippen molar-refractivity contribution < 1.29 is 65.2 Å². The first-order chi connectivity index (χ1) is 31.2. The molecule has 66 heavy (non-hydrogen) atoms. The Morgan fingerprint density at radius 3 is 2.21 bits per heavy atom. The normalized spacial score (nSPS) is 24.3. The number of benzene rings is 3. The summed E-state index contributed by atoms with van der Waals surface area (Å²) >= 11 is 0. The Morgan fingerprint density at radius 1 is 1.00 bits per heavy atom. The Morgan fingerprint density at radius 2 is 1.62 bits per heavy atom. The number of ether oxygens (including phenoxy) is 2. The minimum absolute atomic E-state index is 0.127. The van der Waals surface area contributed by atoms with Gasteiger partial charge < -0.3 is 47.8 Å². The number of nitrogens with zero attached hydrogens (tertiary/aromatic N) is 4. The molecular weight excluding hydrogens is 880 g/mol. The lowest BCUT2D eigenvalue weighted by molar-refractivity contribution is -1.08. The average molecular weight is 936 g/mol. The number of carbonyl (C=O) groups excluding carboxylic acids is 2. The molecule has 5 aliphatic rings. The van der Waals surface area contributed by atoms with Gasteiger partial charge in [-0.25, -0.2) is 4.79 Å². The van der Waals surface area contributed by atoms with Crippen molar-refractivity contribution in [3.63, 3.8) is 0 Å². The van der Waals surface area contributed by atoms with Gasteiger partial charge in [0, 0.05) is 34.9 Å². The van der Waals surface area contributed by atoms with Crippen molar-refractivity contribution in [1.29, 1.82) is 5.41 Å². The molecule has 2 bridgehead atoms. The number of rotatable bonds is 17. The first-order valence-electron chi connectivity index (χ1n) is 22.4. The van der Waals surface area contributed by atoms with Gasteiger partial charge in [-0.2, -0.15) is 13.2 Å². The van der Waals surface area contributed by atoms with E-state index < -0.39 is 37.4 Å². The van der Waals surface area contributed by atoms with Gasteiger partial charge in [0.05, 0.1) is 28.4 Å². The number of nitrogens with one attached hydrogen (secondary N) is 1. The number of β-lactam (4-membered cyclic amide) rings is 1. The zero-order valence-corrected chi connectivity index (χ0v) is 38.7. The minimum Gasteiger partial charge on any atom is -0.858 e. The SMILES string of the molecule is CC[Si](CC)(CC)O[C@H](C)[C@H]1C(=O)N2C(C(=O)Oc3ccc([N+](=O)[O-])cc3)=C(/C=C/COc3cccc4oc5cc(C[N+]67CC[N+](CC(=N)[O-])(CC6)CC7)ccc5c34)[C@H](C)[C@H]12.[O-]C(F)(F)F. The molecule has 0 spiro atoms. The van der Waals surface area contributed by atoms with Crippen LogP contribution in [0.1, 0.15) is 40.2 Å². The number of hydrogen-bond donors (Lipinski definition) is 1. The fraction of sp³-hybridized carbons (Fsp3) is 0.468. The van der Waals surface area contributed by atoms with E-state index in [2.05, 4.69) is 39.0 Å². The van der Waals surface area contributed by atoms with Gasteiger partial charge in [0.1, 0.15) is 87.3 Å². The predicted molar refractivity (Wildman–Crippen MR) is 237 cm³/mol. The molecular formula is C47H56F3N5O10Si. The summed E-state index contributed by atoms with van der Waals surface area (Å²) in [5, 5.41) is 40.3. The second-order valence-electron chi connectivity index (χ2n) is 18.0. The van der Waals surface area contributed by atoms with Crippen molar-refractivity contribution in [1.82, 2.24) is 4.90 Å². The molecule has 6 heterocycles. The van der Waals surface area contributed by atoms with Crippen LogP contribution < -0.4 is 19.7 Å². The van der Waals surface area contributed by atoms with E-state index in [1.165, 1.54) is 29.8 Å². The van der Waals surface area contributed by atoms with Gasteiger partial charge in [0.15, 0.2) is 8.32 Å². The molecule has 9 rings (SSSR count). The van der Waals surface area contributed by atoms with Crippen molar-refractivity contribution in [3.8, 4) is 11.5 Å². The smallest absolute Gasteiger partial charge is 0.360 e. The van der Waals surface area contributed by atoms with Gasteiger partial charge in [0.25, 0.3) is 5.69 Å². The predicted octanol–water partition coefficient (Wildman–Crippen LogP) is 6.54. The molecule has 4 aromatic rings. The van der Waals surface area contributed by atoms with Crippen molar-refractivity contribution >= 4 is 53.7 Å². The molecule has 354 valence electrons. The summed E-state index contributed by atoms with van der Waals surface area (Å²) in [7, 11) is -2.03. The number of fused-ring (bicyclic) bond motifs is 7. The number of alkyl halides is 3. The molecule has 0 aliphatic carbocycles. The Bertz CT molecular complexity index is 2520. The van der Waals surface area contributed by atoms with Gasteiger partial charge in [-0.05, 0) is 73.1 Å². The summed E-state index contributed by atoms with van der Waals surface area (Å²) in [6.45, 7) is 17.7. The third-order valence-corrected chi connectivity index (χ3v) is 19.1. The van der Waals surface area contributed by atoms with Crippen LogP contribution >= 0.6 is 0 Å². The fourth-order valence-electron chi connectivity index (χ4n) is 10.5. The van der Waals surface area contributed by atoms with E-state index in [9.17, 15) is 38.0 Å². The summed E-state index contributed by atoms with van der Waals surface area (Å²) < 4.78 is 56.4. The molecule has 1 amide bonds. The molecule has 5 aliphatic heterocycles. The van der Waals surface area contributed by atoms with Crippen molar-refractivity contribution in [2.24, 2.45) is 11.8 Å². The van der Waals surface area contributed by atoms with Crippen LogP contribution in [0.15, 0.2) is 88.5 Å². The number of halogens is 3. The first kappa shape index (κ1) is 48.3. The van der Waals surface area contributed by atoms with Crippen LogP contribution in [0.2, 0.25) is 18.1 Å². The number of hydrogen-bond acceptors (Lipinski definition) is 11. The van der Waals surface area contributed by atoms with Crippen LogP contribution in [0.5, 0.6) is 11.5 Å². The summed E-state index contributed by atoms with van der Waals surface area (Å²) in [6, 6.07) is 20.0. The highest BCUT2D eigenvalue weighted by atomic mass is 28.4. The monoisotopic (exact) mass is 935 g/mol. The van der Waals surface area contributed by atoms with E-state index in [1.807, 2.05) is 44.2 Å². The van der Waals surface area contributed by atoms with Crippen LogP contribution in [-0.2, 0) is 20.6 Å². The number of amides is 1. The van der Waals surface area contributed by atoms with Gasteiger partial charge in [-0.15, -0.1) is 0 Å². The van der Waals surface area contributed by atoms with E-state index >= 15 is 0 Å². The number of quaternary nitrogens is 2. The Hall–Kier alpha value is -5.60. The molecule has 0 radical (unpaired) electrons. The standard InChI is InChI=1S/C46H56N5O9Si.CF3O/c1-6-61(7-2,8-3)60-31(5)41-43-30(4)35(44(48(43)45(41)53)46(54)58-34-17-15-33(16-18-34)49(55)56)11-10-26-57-37-12-9-13-38-42(37)36-19-14-32(27-39(36)59-38)28-50-20-23-51(24-21-50,25-22-50)29-40(47)52;2-1(3,4)5/h9-19,27,30-31,41,43H,6-8,20-26,28-29H2,1-5H3,(H-,47,52);/q+1;-1/b11-10+;/t30-,31+,41+,43+,50?,51?;/m0./s1. The number of nitro groups is 1. The summed E-state index contributed by atoms with van der Waals surface area (Å²) in [5.41, 5.74) is 3.38. The third kappa shape index (κ3) is 9.90. The maximum Gasteiger partial charge on any atom is 0.360 e. The second kappa shape index (κ2) is 18.9. The van der Waals surface area contributed by atoms with Crippen LogP contribution in [-0.4, -0.2) is 116 Å². The quantitative estimate of drug-likeness (QED) is 0.0140. The minimum atomic E-state index is -5.25. The number of non-ortho nitro benzene ring substituents is 1. The number of furan rings is 1. The summed E-state index contributed by atoms with van der Waals surface area (Å²) in [4.78, 5) is 40.2. The molecule has 1 N–H and O–H groups in total. The Balaban J connectivity index is 0.00000123. The van der Waals surface area contributed by atoms with E-state index in [0.29, 0.717) is 23.5 Å². The van der Waals surface area contributed by atoms with Crippen molar-refractivity contribution in [3.05, 3.63) is 99.8 Å². The van der Waals surface area contributed by atoms with Crippen LogP contribution in [0.4, 0.5) is 18.9 Å². The molecule has 0 saturated carbocycles. The fourth-order valence-corrected chi connectivity index (χ4v) is 13.5.